The van der Waals surface area contributed by atoms with Gasteiger partial charge in [-0.05, 0) is 12.1 Å². The predicted molar refractivity (Wildman–Crippen MR) is 77.1 cm³/mol. The smallest absolute Gasteiger partial charge is 0.174 e. The van der Waals surface area contributed by atoms with Gasteiger partial charge in [0.05, 0.1) is 0 Å². The molecule has 0 aliphatic rings. The molecule has 2 N–H and O–H groups in total. The van der Waals surface area contributed by atoms with Gasteiger partial charge in [-0.25, -0.2) is 0 Å². The van der Waals surface area contributed by atoms with E-state index >= 15 is 0 Å². The highest BCUT2D eigenvalue weighted by molar-refractivity contribution is 5.58. The Balaban J connectivity index is 1.69. The van der Waals surface area contributed by atoms with Crippen molar-refractivity contribution in [3.8, 4) is 17.0 Å². The first-order chi connectivity index (χ1) is 9.81. The summed E-state index contributed by atoms with van der Waals surface area (Å²) in [5.74, 6) is 1.38. The molecule has 0 bridgehead atoms. The van der Waals surface area contributed by atoms with Crippen molar-refractivity contribution in [2.24, 2.45) is 0 Å². The third-order valence-corrected chi connectivity index (χ3v) is 2.87. The standard InChI is InChI=1S/C16H14N2O2/c17-13-7-4-8-14(9-13)19-11-15-10-16(18-20-15)12-5-2-1-3-6-12/h1-10H,11,17H2. The molecule has 0 amide bonds. The summed E-state index contributed by atoms with van der Waals surface area (Å²) >= 11 is 0. The van der Waals surface area contributed by atoms with E-state index in [1.165, 1.54) is 0 Å². The average Bonchev–Trinajstić information content (AvgIpc) is 2.95. The number of rotatable bonds is 4. The molecule has 4 nitrogen and oxygen atoms in total. The Hall–Kier alpha value is -2.75. The molecular formula is C16H14N2O2. The maximum atomic E-state index is 5.69. The Morgan fingerprint density at radius 3 is 2.65 bits per heavy atom. The van der Waals surface area contributed by atoms with Crippen LogP contribution in [0.15, 0.2) is 65.2 Å². The van der Waals surface area contributed by atoms with E-state index in [9.17, 15) is 0 Å². The van der Waals surface area contributed by atoms with Gasteiger partial charge >= 0.3 is 0 Å². The molecule has 2 aromatic carbocycles. The van der Waals surface area contributed by atoms with Crippen molar-refractivity contribution in [3.63, 3.8) is 0 Å². The monoisotopic (exact) mass is 266 g/mol. The van der Waals surface area contributed by atoms with Gasteiger partial charge in [-0.1, -0.05) is 41.6 Å². The lowest BCUT2D eigenvalue weighted by Gasteiger charge is -2.03. The fourth-order valence-electron chi connectivity index (χ4n) is 1.88. The van der Waals surface area contributed by atoms with E-state index < -0.39 is 0 Å². The van der Waals surface area contributed by atoms with Gasteiger partial charge in [0.15, 0.2) is 5.76 Å². The molecule has 0 aliphatic carbocycles. The van der Waals surface area contributed by atoms with Gasteiger partial charge in [-0.3, -0.25) is 0 Å². The third-order valence-electron chi connectivity index (χ3n) is 2.87. The second kappa shape index (κ2) is 5.48. The van der Waals surface area contributed by atoms with Crippen molar-refractivity contribution in [3.05, 3.63) is 66.4 Å². The van der Waals surface area contributed by atoms with E-state index in [0.29, 0.717) is 23.8 Å². The highest BCUT2D eigenvalue weighted by Crippen LogP contribution is 2.20. The molecule has 4 heteroatoms. The molecule has 0 saturated carbocycles. The number of nitrogens with zero attached hydrogens (tertiary/aromatic N) is 1. The SMILES string of the molecule is Nc1cccc(OCc2cc(-c3ccccc3)no2)c1. The third kappa shape index (κ3) is 2.80. The minimum atomic E-state index is 0.323. The number of anilines is 1. The Morgan fingerprint density at radius 1 is 1.00 bits per heavy atom. The zero-order valence-electron chi connectivity index (χ0n) is 10.8. The highest BCUT2D eigenvalue weighted by atomic mass is 16.5. The molecule has 0 spiro atoms. The molecule has 0 aliphatic heterocycles. The molecule has 3 aromatic rings. The molecule has 100 valence electrons. The van der Waals surface area contributed by atoms with Crippen LogP contribution in [0.2, 0.25) is 0 Å². The molecule has 1 aromatic heterocycles. The van der Waals surface area contributed by atoms with Crippen LogP contribution in [-0.4, -0.2) is 5.16 Å². The van der Waals surface area contributed by atoms with Gasteiger partial charge in [-0.15, -0.1) is 0 Å². The molecule has 1 heterocycles. The zero-order chi connectivity index (χ0) is 13.8. The van der Waals surface area contributed by atoms with Crippen molar-refractivity contribution in [2.45, 2.75) is 6.61 Å². The van der Waals surface area contributed by atoms with Crippen molar-refractivity contribution in [1.29, 1.82) is 0 Å². The molecule has 3 rings (SSSR count). The summed E-state index contributed by atoms with van der Waals surface area (Å²) in [7, 11) is 0. The Bertz CT molecular complexity index is 692. The van der Waals surface area contributed by atoms with E-state index in [1.54, 1.807) is 6.07 Å². The van der Waals surface area contributed by atoms with Crippen LogP contribution < -0.4 is 10.5 Å². The first-order valence-electron chi connectivity index (χ1n) is 6.30. The van der Waals surface area contributed by atoms with Crippen LogP contribution >= 0.6 is 0 Å². The minimum Gasteiger partial charge on any atom is -0.485 e. The quantitative estimate of drug-likeness (QED) is 0.734. The van der Waals surface area contributed by atoms with Crippen molar-refractivity contribution in [1.82, 2.24) is 5.16 Å². The van der Waals surface area contributed by atoms with Crippen LogP contribution in [0, 0.1) is 0 Å². The van der Waals surface area contributed by atoms with Gasteiger partial charge < -0.3 is 15.0 Å². The number of nitrogen functional groups attached to an aromatic ring is 1. The molecule has 0 fully saturated rings. The lowest BCUT2D eigenvalue weighted by atomic mass is 10.1. The van der Waals surface area contributed by atoms with Gasteiger partial charge in [0.1, 0.15) is 18.1 Å². The summed E-state index contributed by atoms with van der Waals surface area (Å²) in [5, 5.41) is 4.04. The number of nitrogens with two attached hydrogens (primary N) is 1. The van der Waals surface area contributed by atoms with Crippen molar-refractivity contribution < 1.29 is 9.26 Å². The molecular weight excluding hydrogens is 252 g/mol. The average molecular weight is 266 g/mol. The van der Waals surface area contributed by atoms with Crippen LogP contribution in [0.5, 0.6) is 5.75 Å². The number of hydrogen-bond acceptors (Lipinski definition) is 4. The van der Waals surface area contributed by atoms with E-state index in [1.807, 2.05) is 54.6 Å². The van der Waals surface area contributed by atoms with E-state index in [0.717, 1.165) is 11.3 Å². The lowest BCUT2D eigenvalue weighted by molar-refractivity contribution is 0.249. The number of benzene rings is 2. The second-order valence-electron chi connectivity index (χ2n) is 4.41. The van der Waals surface area contributed by atoms with Crippen LogP contribution in [0.4, 0.5) is 5.69 Å². The summed E-state index contributed by atoms with van der Waals surface area (Å²) < 4.78 is 10.9. The number of hydrogen-bond donors (Lipinski definition) is 1. The first-order valence-corrected chi connectivity index (χ1v) is 6.30. The molecule has 0 radical (unpaired) electrons. The Morgan fingerprint density at radius 2 is 1.85 bits per heavy atom. The fraction of sp³-hybridized carbons (Fsp3) is 0.0625. The summed E-state index contributed by atoms with van der Waals surface area (Å²) in [4.78, 5) is 0. The van der Waals surface area contributed by atoms with Crippen molar-refractivity contribution >= 4 is 5.69 Å². The topological polar surface area (TPSA) is 61.3 Å². The molecule has 0 saturated heterocycles. The molecule has 0 atom stereocenters. The summed E-state index contributed by atoms with van der Waals surface area (Å²) in [6, 6.07) is 19.0. The maximum absolute atomic E-state index is 5.69. The summed E-state index contributed by atoms with van der Waals surface area (Å²) in [6.45, 7) is 0.323. The van der Waals surface area contributed by atoms with Crippen LogP contribution in [0.25, 0.3) is 11.3 Å². The number of ether oxygens (including phenoxy) is 1. The predicted octanol–water partition coefficient (Wildman–Crippen LogP) is 3.50. The maximum Gasteiger partial charge on any atom is 0.174 e. The van der Waals surface area contributed by atoms with E-state index in [-0.39, 0.29) is 0 Å². The van der Waals surface area contributed by atoms with E-state index in [4.69, 9.17) is 15.0 Å². The van der Waals surface area contributed by atoms with Gasteiger partial charge in [0.25, 0.3) is 0 Å². The van der Waals surface area contributed by atoms with Gasteiger partial charge in [0, 0.05) is 23.4 Å². The van der Waals surface area contributed by atoms with Crippen LogP contribution in [-0.2, 0) is 6.61 Å². The van der Waals surface area contributed by atoms with Gasteiger partial charge in [-0.2, -0.15) is 0 Å². The normalized spacial score (nSPS) is 10.4. The molecule has 20 heavy (non-hydrogen) atoms. The second-order valence-corrected chi connectivity index (χ2v) is 4.41. The van der Waals surface area contributed by atoms with Crippen molar-refractivity contribution in [2.75, 3.05) is 5.73 Å². The first kappa shape index (κ1) is 12.3. The Kier molecular flexibility index (Phi) is 3.37. The lowest BCUT2D eigenvalue weighted by Crippen LogP contribution is -1.94. The van der Waals surface area contributed by atoms with E-state index in [2.05, 4.69) is 5.16 Å². The van der Waals surface area contributed by atoms with Crippen LogP contribution in [0.3, 0.4) is 0 Å². The van der Waals surface area contributed by atoms with Gasteiger partial charge in [0.2, 0.25) is 0 Å². The number of aromatic nitrogens is 1. The highest BCUT2D eigenvalue weighted by Gasteiger charge is 2.06. The minimum absolute atomic E-state index is 0.323. The summed E-state index contributed by atoms with van der Waals surface area (Å²) in [5.41, 5.74) is 8.19. The fourth-order valence-corrected chi connectivity index (χ4v) is 1.88. The Labute approximate surface area is 116 Å². The van der Waals surface area contributed by atoms with Crippen LogP contribution in [0.1, 0.15) is 5.76 Å². The zero-order valence-corrected chi connectivity index (χ0v) is 10.8. The summed E-state index contributed by atoms with van der Waals surface area (Å²) in [6.07, 6.45) is 0. The molecule has 0 unspecified atom stereocenters. The largest absolute Gasteiger partial charge is 0.485 e.